The molecule has 2 amide bonds. The highest BCUT2D eigenvalue weighted by Gasteiger charge is 2.42. The number of likely N-dealkylation sites (tertiary alicyclic amines) is 1. The lowest BCUT2D eigenvalue weighted by Gasteiger charge is -2.13. The van der Waals surface area contributed by atoms with Crippen LogP contribution in [0.3, 0.4) is 0 Å². The van der Waals surface area contributed by atoms with Gasteiger partial charge in [0.05, 0.1) is 18.0 Å². The van der Waals surface area contributed by atoms with E-state index < -0.39 is 23.2 Å². The zero-order chi connectivity index (χ0) is 22.6. The van der Waals surface area contributed by atoms with Gasteiger partial charge in [-0.05, 0) is 30.3 Å². The number of carbonyl (C=O) groups is 2. The number of pyridine rings is 1. The van der Waals surface area contributed by atoms with Gasteiger partial charge in [-0.15, -0.1) is 0 Å². The lowest BCUT2D eigenvalue weighted by molar-refractivity contribution is -0.137. The molecule has 1 aromatic carbocycles. The standard InChI is InChI=1S/C22H23FN4O4/c1-27-11-9-22(30,21(27)29)8-7-14-3-4-16(23)15(13-14)17-5-6-18(25-10-12-31-2)19(26-17)20(24)28/h3-6,13,25,30H,9-12H2,1-2H3,(H2,24,28). The van der Waals surface area contributed by atoms with Crippen molar-refractivity contribution in [3.05, 3.63) is 47.4 Å². The molecule has 1 aromatic heterocycles. The molecule has 0 aliphatic carbocycles. The van der Waals surface area contributed by atoms with Gasteiger partial charge in [0.15, 0.2) is 5.69 Å². The number of rotatable bonds is 6. The van der Waals surface area contributed by atoms with Crippen molar-refractivity contribution < 1.29 is 23.8 Å². The van der Waals surface area contributed by atoms with Crippen molar-refractivity contribution in [1.82, 2.24) is 9.88 Å². The molecule has 9 heteroatoms. The minimum atomic E-state index is -1.75. The third-order valence-electron chi connectivity index (χ3n) is 4.92. The van der Waals surface area contributed by atoms with Crippen LogP contribution in [0.25, 0.3) is 11.3 Å². The fraction of sp³-hybridized carbons (Fsp3) is 0.318. The summed E-state index contributed by atoms with van der Waals surface area (Å²) in [6, 6.07) is 7.24. The molecule has 2 aromatic rings. The number of nitrogens with two attached hydrogens (primary N) is 1. The maximum absolute atomic E-state index is 14.5. The fourth-order valence-electron chi connectivity index (χ4n) is 3.17. The maximum atomic E-state index is 14.5. The van der Waals surface area contributed by atoms with Crippen LogP contribution in [-0.2, 0) is 9.53 Å². The number of likely N-dealkylation sites (N-methyl/N-ethyl adjacent to an activating group) is 1. The van der Waals surface area contributed by atoms with Crippen molar-refractivity contribution >= 4 is 17.5 Å². The minimum absolute atomic E-state index is 0.0293. The van der Waals surface area contributed by atoms with E-state index in [0.717, 1.165) is 0 Å². The van der Waals surface area contributed by atoms with Gasteiger partial charge >= 0.3 is 0 Å². The molecule has 4 N–H and O–H groups in total. The second kappa shape index (κ2) is 9.12. The Hall–Kier alpha value is -3.48. The summed E-state index contributed by atoms with van der Waals surface area (Å²) in [6.07, 6.45) is 0.199. The monoisotopic (exact) mass is 426 g/mol. The molecule has 1 aliphatic heterocycles. The summed E-state index contributed by atoms with van der Waals surface area (Å²) in [6.45, 7) is 1.26. The molecule has 0 radical (unpaired) electrons. The van der Waals surface area contributed by atoms with Gasteiger partial charge in [-0.2, -0.15) is 0 Å². The van der Waals surface area contributed by atoms with Gasteiger partial charge in [0.25, 0.3) is 11.8 Å². The van der Waals surface area contributed by atoms with E-state index in [1.807, 2.05) is 0 Å². The number of primary amides is 1. The average molecular weight is 426 g/mol. The summed E-state index contributed by atoms with van der Waals surface area (Å²) in [5.74, 6) is 3.54. The van der Waals surface area contributed by atoms with Crippen molar-refractivity contribution in [3.8, 4) is 23.1 Å². The number of nitrogens with one attached hydrogen (secondary N) is 1. The predicted octanol–water partition coefficient (Wildman–Crippen LogP) is 0.990. The van der Waals surface area contributed by atoms with Crippen molar-refractivity contribution in [1.29, 1.82) is 0 Å². The molecule has 31 heavy (non-hydrogen) atoms. The molecule has 162 valence electrons. The predicted molar refractivity (Wildman–Crippen MR) is 113 cm³/mol. The number of hydrogen-bond acceptors (Lipinski definition) is 6. The molecule has 1 fully saturated rings. The van der Waals surface area contributed by atoms with Crippen LogP contribution in [0.5, 0.6) is 0 Å². The van der Waals surface area contributed by atoms with Gasteiger partial charge in [-0.25, -0.2) is 9.37 Å². The van der Waals surface area contributed by atoms with Crippen molar-refractivity contribution in [2.75, 3.05) is 39.2 Å². The van der Waals surface area contributed by atoms with Crippen LogP contribution in [0, 0.1) is 17.7 Å². The first kappa shape index (κ1) is 22.2. The van der Waals surface area contributed by atoms with Crippen molar-refractivity contribution in [2.24, 2.45) is 5.73 Å². The first-order valence-corrected chi connectivity index (χ1v) is 9.60. The van der Waals surface area contributed by atoms with Crippen LogP contribution < -0.4 is 11.1 Å². The van der Waals surface area contributed by atoms with E-state index in [-0.39, 0.29) is 23.4 Å². The Morgan fingerprint density at radius 1 is 1.42 bits per heavy atom. The zero-order valence-corrected chi connectivity index (χ0v) is 17.2. The maximum Gasteiger partial charge on any atom is 0.269 e. The number of amides is 2. The lowest BCUT2D eigenvalue weighted by atomic mass is 10.0. The minimum Gasteiger partial charge on any atom is -0.383 e. The number of hydrogen-bond donors (Lipinski definition) is 3. The number of methoxy groups -OCH3 is 1. The third-order valence-corrected chi connectivity index (χ3v) is 4.92. The molecule has 0 saturated carbocycles. The van der Waals surface area contributed by atoms with Gasteiger partial charge in [-0.3, -0.25) is 9.59 Å². The third kappa shape index (κ3) is 4.82. The van der Waals surface area contributed by atoms with Crippen LogP contribution in [0.15, 0.2) is 30.3 Å². The number of halogens is 1. The largest absolute Gasteiger partial charge is 0.383 e. The quantitative estimate of drug-likeness (QED) is 0.468. The number of carbonyl (C=O) groups excluding carboxylic acids is 2. The zero-order valence-electron chi connectivity index (χ0n) is 17.2. The van der Waals surface area contributed by atoms with E-state index in [9.17, 15) is 19.1 Å². The summed E-state index contributed by atoms with van der Waals surface area (Å²) in [7, 11) is 3.14. The molecule has 3 rings (SSSR count). The molecule has 0 bridgehead atoms. The topological polar surface area (TPSA) is 118 Å². The van der Waals surface area contributed by atoms with Gasteiger partial charge in [0.1, 0.15) is 5.82 Å². The highest BCUT2D eigenvalue weighted by Crippen LogP contribution is 2.26. The van der Waals surface area contributed by atoms with E-state index in [2.05, 4.69) is 22.1 Å². The van der Waals surface area contributed by atoms with Gasteiger partial charge in [0.2, 0.25) is 5.60 Å². The van der Waals surface area contributed by atoms with E-state index in [0.29, 0.717) is 30.9 Å². The van der Waals surface area contributed by atoms with E-state index in [4.69, 9.17) is 10.5 Å². The molecule has 1 atom stereocenters. The Morgan fingerprint density at radius 3 is 2.84 bits per heavy atom. The average Bonchev–Trinajstić information content (AvgIpc) is 3.01. The Bertz CT molecular complexity index is 1080. The molecular formula is C22H23FN4O4. The summed E-state index contributed by atoms with van der Waals surface area (Å²) in [5.41, 5.74) is 4.76. The summed E-state index contributed by atoms with van der Waals surface area (Å²) in [4.78, 5) is 29.5. The summed E-state index contributed by atoms with van der Waals surface area (Å²) < 4.78 is 19.5. The Morgan fingerprint density at radius 2 is 2.19 bits per heavy atom. The smallest absolute Gasteiger partial charge is 0.269 e. The van der Waals surface area contributed by atoms with E-state index in [1.165, 1.54) is 23.1 Å². The number of anilines is 1. The van der Waals surface area contributed by atoms with Crippen LogP contribution in [0.2, 0.25) is 0 Å². The van der Waals surface area contributed by atoms with Crippen LogP contribution >= 0.6 is 0 Å². The lowest BCUT2D eigenvalue weighted by Crippen LogP contribution is -2.37. The molecule has 1 saturated heterocycles. The second-order valence-electron chi connectivity index (χ2n) is 7.16. The van der Waals surface area contributed by atoms with Gasteiger partial charge in [0, 0.05) is 44.8 Å². The van der Waals surface area contributed by atoms with Crippen molar-refractivity contribution in [3.63, 3.8) is 0 Å². The van der Waals surface area contributed by atoms with Crippen LogP contribution in [-0.4, -0.2) is 66.3 Å². The SMILES string of the molecule is COCCNc1ccc(-c2cc(C#CC3(O)CCN(C)C3=O)ccc2F)nc1C(N)=O. The number of nitrogens with zero attached hydrogens (tertiary/aromatic N) is 2. The fourth-order valence-corrected chi connectivity index (χ4v) is 3.17. The summed E-state index contributed by atoms with van der Waals surface area (Å²) >= 11 is 0. The first-order valence-electron chi connectivity index (χ1n) is 9.60. The molecule has 0 spiro atoms. The number of benzene rings is 1. The highest BCUT2D eigenvalue weighted by molar-refractivity contribution is 5.97. The first-order chi connectivity index (χ1) is 14.7. The molecule has 1 unspecified atom stereocenters. The second-order valence-corrected chi connectivity index (χ2v) is 7.16. The number of aliphatic hydroxyl groups is 1. The molecule has 8 nitrogen and oxygen atoms in total. The number of ether oxygens (including phenoxy) is 1. The Labute approximate surface area is 179 Å². The van der Waals surface area contributed by atoms with E-state index >= 15 is 0 Å². The normalized spacial score (nSPS) is 17.9. The Kier molecular flexibility index (Phi) is 6.53. The molecule has 2 heterocycles. The van der Waals surface area contributed by atoms with Gasteiger partial charge < -0.3 is 25.8 Å². The highest BCUT2D eigenvalue weighted by atomic mass is 19.1. The molecule has 1 aliphatic rings. The van der Waals surface area contributed by atoms with Gasteiger partial charge in [-0.1, -0.05) is 11.8 Å². The van der Waals surface area contributed by atoms with E-state index in [1.54, 1.807) is 26.3 Å². The summed E-state index contributed by atoms with van der Waals surface area (Å²) in [5, 5.41) is 13.4. The molecular weight excluding hydrogens is 403 g/mol. The van der Waals surface area contributed by atoms with Crippen LogP contribution in [0.4, 0.5) is 10.1 Å². The number of aromatic nitrogens is 1. The Balaban J connectivity index is 1.94. The van der Waals surface area contributed by atoms with Crippen molar-refractivity contribution in [2.45, 2.75) is 12.0 Å². The van der Waals surface area contributed by atoms with Crippen LogP contribution in [0.1, 0.15) is 22.5 Å².